The normalized spacial score (nSPS) is 14.7. The van der Waals surface area contributed by atoms with E-state index in [-0.39, 0.29) is 30.6 Å². The number of hydrogen-bond acceptors (Lipinski definition) is 4. The van der Waals surface area contributed by atoms with Gasteiger partial charge in [-0.05, 0) is 60.4 Å². The lowest BCUT2D eigenvalue weighted by Gasteiger charge is -2.35. The molecule has 3 aromatic carbocycles. The van der Waals surface area contributed by atoms with Gasteiger partial charge in [0, 0.05) is 34.1 Å². The third-order valence-corrected chi connectivity index (χ3v) is 9.35. The molecule has 1 fully saturated rings. The van der Waals surface area contributed by atoms with Crippen LogP contribution in [-0.2, 0) is 32.6 Å². The van der Waals surface area contributed by atoms with Crippen molar-refractivity contribution in [3.05, 3.63) is 99.0 Å². The Morgan fingerprint density at radius 2 is 1.55 bits per heavy atom. The number of anilines is 1. The van der Waals surface area contributed by atoms with Crippen molar-refractivity contribution in [1.29, 1.82) is 0 Å². The summed E-state index contributed by atoms with van der Waals surface area (Å²) in [7, 11) is -3.87. The minimum absolute atomic E-state index is 0.0159. The molecule has 1 aliphatic rings. The van der Waals surface area contributed by atoms with Crippen LogP contribution in [0.15, 0.2) is 72.8 Å². The molecule has 7 nitrogen and oxygen atoms in total. The lowest BCUT2D eigenvalue weighted by molar-refractivity contribution is -0.140. The summed E-state index contributed by atoms with van der Waals surface area (Å²) in [6.45, 7) is -0.545. The largest absolute Gasteiger partial charge is 0.352 e. The Morgan fingerprint density at radius 1 is 0.905 bits per heavy atom. The van der Waals surface area contributed by atoms with Crippen molar-refractivity contribution in [2.24, 2.45) is 0 Å². The summed E-state index contributed by atoms with van der Waals surface area (Å²) in [4.78, 5) is 29.6. The quantitative estimate of drug-likeness (QED) is 0.257. The number of nitrogens with one attached hydrogen (secondary N) is 1. The van der Waals surface area contributed by atoms with E-state index in [0.29, 0.717) is 20.6 Å². The second-order valence-corrected chi connectivity index (χ2v) is 13.7. The van der Waals surface area contributed by atoms with Crippen molar-refractivity contribution in [2.45, 2.75) is 57.2 Å². The van der Waals surface area contributed by atoms with Gasteiger partial charge >= 0.3 is 0 Å². The lowest BCUT2D eigenvalue weighted by Crippen LogP contribution is -2.55. The molecule has 1 aliphatic carbocycles. The minimum Gasteiger partial charge on any atom is -0.352 e. The number of carbonyl (C=O) groups is 2. The first-order valence-corrected chi connectivity index (χ1v) is 16.8. The van der Waals surface area contributed by atoms with E-state index < -0.39 is 28.5 Å². The van der Waals surface area contributed by atoms with Gasteiger partial charge in [0.1, 0.15) is 12.6 Å². The highest BCUT2D eigenvalue weighted by atomic mass is 35.5. The van der Waals surface area contributed by atoms with Crippen LogP contribution < -0.4 is 9.62 Å². The molecule has 0 spiro atoms. The fourth-order valence-corrected chi connectivity index (χ4v) is 6.60. The summed E-state index contributed by atoms with van der Waals surface area (Å²) in [5, 5.41) is 4.37. The smallest absolute Gasteiger partial charge is 0.244 e. The molecule has 0 heterocycles. The van der Waals surface area contributed by atoms with Crippen LogP contribution >= 0.6 is 34.8 Å². The predicted molar refractivity (Wildman–Crippen MR) is 170 cm³/mol. The summed E-state index contributed by atoms with van der Waals surface area (Å²) in [5.74, 6) is -0.845. The van der Waals surface area contributed by atoms with Crippen LogP contribution in [0.3, 0.4) is 0 Å². The Labute approximate surface area is 262 Å². The number of amides is 2. The van der Waals surface area contributed by atoms with Crippen LogP contribution in [0.5, 0.6) is 0 Å². The highest BCUT2D eigenvalue weighted by Gasteiger charge is 2.34. The fraction of sp³-hybridized carbons (Fsp3) is 0.355. The molecule has 0 unspecified atom stereocenters. The van der Waals surface area contributed by atoms with Gasteiger partial charge in [0.25, 0.3) is 0 Å². The number of sulfonamides is 1. The SMILES string of the molecule is CS(=O)(=O)N(CC(=O)N(Cc1ccc(Cl)cc1Cl)[C@@H](Cc1ccccc1)C(=O)NC1CCCCC1)c1ccc(Cl)cc1. The van der Waals surface area contributed by atoms with Crippen molar-refractivity contribution in [3.8, 4) is 0 Å². The van der Waals surface area contributed by atoms with E-state index in [4.69, 9.17) is 34.8 Å². The zero-order valence-corrected chi connectivity index (χ0v) is 26.4. The van der Waals surface area contributed by atoms with Crippen molar-refractivity contribution >= 4 is 62.3 Å². The second kappa shape index (κ2) is 14.6. The molecular formula is C31H34Cl3N3O4S. The zero-order valence-electron chi connectivity index (χ0n) is 23.3. The van der Waals surface area contributed by atoms with Gasteiger partial charge in [-0.3, -0.25) is 13.9 Å². The van der Waals surface area contributed by atoms with E-state index in [1.807, 2.05) is 30.3 Å². The maximum Gasteiger partial charge on any atom is 0.244 e. The van der Waals surface area contributed by atoms with Gasteiger partial charge < -0.3 is 10.2 Å². The highest BCUT2D eigenvalue weighted by Crippen LogP contribution is 2.26. The average Bonchev–Trinajstić information content (AvgIpc) is 2.95. The van der Waals surface area contributed by atoms with Gasteiger partial charge in [-0.2, -0.15) is 0 Å². The van der Waals surface area contributed by atoms with Gasteiger partial charge in [0.15, 0.2) is 0 Å². The third kappa shape index (κ3) is 8.86. The first-order valence-electron chi connectivity index (χ1n) is 13.8. The Kier molecular flexibility index (Phi) is 11.2. The molecular weight excluding hydrogens is 617 g/mol. The van der Waals surface area contributed by atoms with Gasteiger partial charge in [-0.25, -0.2) is 8.42 Å². The fourth-order valence-electron chi connectivity index (χ4n) is 5.15. The first kappa shape index (κ1) is 32.1. The van der Waals surface area contributed by atoms with Crippen molar-refractivity contribution in [3.63, 3.8) is 0 Å². The molecule has 224 valence electrons. The topological polar surface area (TPSA) is 86.8 Å². The van der Waals surface area contributed by atoms with Crippen LogP contribution in [-0.4, -0.2) is 50.0 Å². The van der Waals surface area contributed by atoms with E-state index in [2.05, 4.69) is 5.32 Å². The number of halogens is 3. The number of benzene rings is 3. The van der Waals surface area contributed by atoms with E-state index in [9.17, 15) is 18.0 Å². The lowest BCUT2D eigenvalue weighted by atomic mass is 9.94. The predicted octanol–water partition coefficient (Wildman–Crippen LogP) is 6.50. The average molecular weight is 651 g/mol. The molecule has 42 heavy (non-hydrogen) atoms. The highest BCUT2D eigenvalue weighted by molar-refractivity contribution is 7.92. The Hall–Kier alpha value is -2.78. The maximum absolute atomic E-state index is 14.2. The molecule has 0 saturated heterocycles. The number of nitrogens with zero attached hydrogens (tertiary/aromatic N) is 2. The Bertz CT molecular complexity index is 1480. The molecule has 1 saturated carbocycles. The van der Waals surface area contributed by atoms with Crippen molar-refractivity contribution < 1.29 is 18.0 Å². The molecule has 0 radical (unpaired) electrons. The van der Waals surface area contributed by atoms with Gasteiger partial charge in [-0.1, -0.05) is 90.5 Å². The van der Waals surface area contributed by atoms with Gasteiger partial charge in [0.2, 0.25) is 21.8 Å². The monoisotopic (exact) mass is 649 g/mol. The summed E-state index contributed by atoms with van der Waals surface area (Å²) in [6.07, 6.45) is 6.20. The summed E-state index contributed by atoms with van der Waals surface area (Å²) in [6, 6.07) is 19.6. The molecule has 4 rings (SSSR count). The minimum atomic E-state index is -3.87. The van der Waals surface area contributed by atoms with E-state index in [1.54, 1.807) is 30.3 Å². The first-order chi connectivity index (χ1) is 20.0. The van der Waals surface area contributed by atoms with Crippen LogP contribution in [0.4, 0.5) is 5.69 Å². The van der Waals surface area contributed by atoms with E-state index >= 15 is 0 Å². The Balaban J connectivity index is 1.74. The van der Waals surface area contributed by atoms with Gasteiger partial charge in [-0.15, -0.1) is 0 Å². The van der Waals surface area contributed by atoms with Gasteiger partial charge in [0.05, 0.1) is 11.9 Å². The summed E-state index contributed by atoms with van der Waals surface area (Å²) >= 11 is 18.7. The summed E-state index contributed by atoms with van der Waals surface area (Å²) < 4.78 is 26.8. The number of rotatable bonds is 11. The molecule has 11 heteroatoms. The molecule has 3 aromatic rings. The molecule has 0 aromatic heterocycles. The van der Waals surface area contributed by atoms with Crippen molar-refractivity contribution in [1.82, 2.24) is 10.2 Å². The molecule has 1 N–H and O–H groups in total. The van der Waals surface area contributed by atoms with Crippen LogP contribution in [0.1, 0.15) is 43.2 Å². The maximum atomic E-state index is 14.2. The molecule has 2 amide bonds. The number of carbonyl (C=O) groups excluding carboxylic acids is 2. The number of hydrogen-bond donors (Lipinski definition) is 1. The zero-order chi connectivity index (χ0) is 30.3. The molecule has 0 bridgehead atoms. The van der Waals surface area contributed by atoms with Crippen LogP contribution in [0.25, 0.3) is 0 Å². The standard InChI is InChI=1S/C31H34Cl3N3O4S/c1-42(40,41)37(27-16-14-24(32)15-17-27)21-30(38)36(20-23-12-13-25(33)19-28(23)34)29(18-22-8-4-2-5-9-22)31(39)35-26-10-6-3-7-11-26/h2,4-5,8-9,12-17,19,26,29H,3,6-7,10-11,18,20-21H2,1H3,(H,35,39)/t29-/m0/s1. The van der Waals surface area contributed by atoms with E-state index in [0.717, 1.165) is 48.2 Å². The Morgan fingerprint density at radius 3 is 2.17 bits per heavy atom. The van der Waals surface area contributed by atoms with Crippen molar-refractivity contribution in [2.75, 3.05) is 17.1 Å². The summed E-state index contributed by atoms with van der Waals surface area (Å²) in [5.41, 5.74) is 1.72. The second-order valence-electron chi connectivity index (χ2n) is 10.6. The van der Waals surface area contributed by atoms with Crippen LogP contribution in [0, 0.1) is 0 Å². The third-order valence-electron chi connectivity index (χ3n) is 7.37. The molecule has 0 aliphatic heterocycles. The molecule has 1 atom stereocenters. The van der Waals surface area contributed by atoms with E-state index in [1.165, 1.54) is 17.0 Å². The van der Waals surface area contributed by atoms with Crippen LogP contribution in [0.2, 0.25) is 15.1 Å².